The fourth-order valence-corrected chi connectivity index (χ4v) is 3.81. The molecule has 0 unspecified atom stereocenters. The van der Waals surface area contributed by atoms with Crippen LogP contribution in [0.25, 0.3) is 0 Å². The zero-order chi connectivity index (χ0) is 15.3. The number of benzene rings is 1. The van der Waals surface area contributed by atoms with Gasteiger partial charge in [-0.15, -0.1) is 11.3 Å². The van der Waals surface area contributed by atoms with Crippen LogP contribution in [0.4, 0.5) is 0 Å². The summed E-state index contributed by atoms with van der Waals surface area (Å²) in [6.45, 7) is 2.29. The van der Waals surface area contributed by atoms with E-state index in [0.29, 0.717) is 5.56 Å². The first kappa shape index (κ1) is 15.7. The van der Waals surface area contributed by atoms with E-state index in [-0.39, 0.29) is 23.2 Å². The van der Waals surface area contributed by atoms with Crippen LogP contribution in [0.3, 0.4) is 0 Å². The molecule has 0 aliphatic heterocycles. The lowest BCUT2D eigenvalue weighted by Crippen LogP contribution is -2.34. The van der Waals surface area contributed by atoms with Crippen molar-refractivity contribution in [2.45, 2.75) is 11.1 Å². The number of nitrogens with one attached hydrogen (secondary N) is 2. The lowest BCUT2D eigenvalue weighted by molar-refractivity contribution is 0.0954. The molecule has 21 heavy (non-hydrogen) atoms. The Bertz CT molecular complexity index is 710. The summed E-state index contributed by atoms with van der Waals surface area (Å²) >= 11 is 1.15. The molecular formula is C14H16N2O3S2. The van der Waals surface area contributed by atoms with Gasteiger partial charge in [0.05, 0.1) is 0 Å². The molecule has 0 aliphatic rings. The molecule has 2 aromatic rings. The average molecular weight is 324 g/mol. The standard InChI is InChI=1S/C14H16N2O3S2/c1-11-4-2-5-12(10-11)14(17)15-7-8-16-21(18,19)13-6-3-9-20-13/h2-6,9-10,16H,7-8H2,1H3,(H,15,17). The van der Waals surface area contributed by atoms with Gasteiger partial charge in [0.1, 0.15) is 4.21 Å². The van der Waals surface area contributed by atoms with Crippen molar-refractivity contribution in [1.29, 1.82) is 0 Å². The van der Waals surface area contributed by atoms with Crippen LogP contribution in [-0.2, 0) is 10.0 Å². The first-order chi connectivity index (χ1) is 9.99. The Morgan fingerprint density at radius 1 is 1.19 bits per heavy atom. The van der Waals surface area contributed by atoms with Crippen molar-refractivity contribution in [2.24, 2.45) is 0 Å². The molecule has 0 saturated carbocycles. The Morgan fingerprint density at radius 2 is 2.00 bits per heavy atom. The number of rotatable bonds is 6. The summed E-state index contributed by atoms with van der Waals surface area (Å²) in [5, 5.41) is 4.38. The number of thiophene rings is 1. The van der Waals surface area contributed by atoms with E-state index >= 15 is 0 Å². The predicted octanol–water partition coefficient (Wildman–Crippen LogP) is 1.76. The van der Waals surface area contributed by atoms with Gasteiger partial charge in [-0.2, -0.15) is 0 Å². The molecule has 0 fully saturated rings. The van der Waals surface area contributed by atoms with Gasteiger partial charge in [-0.25, -0.2) is 13.1 Å². The number of hydrogen-bond acceptors (Lipinski definition) is 4. The third-order valence-electron chi connectivity index (χ3n) is 2.74. The van der Waals surface area contributed by atoms with Gasteiger partial charge in [-0.3, -0.25) is 4.79 Å². The molecule has 0 radical (unpaired) electrons. The van der Waals surface area contributed by atoms with E-state index in [1.54, 1.807) is 29.6 Å². The monoisotopic (exact) mass is 324 g/mol. The molecule has 1 amide bonds. The molecule has 112 valence electrons. The van der Waals surface area contributed by atoms with Crippen molar-refractivity contribution < 1.29 is 13.2 Å². The third kappa shape index (κ3) is 4.38. The summed E-state index contributed by atoms with van der Waals surface area (Å²) in [4.78, 5) is 11.9. The van der Waals surface area contributed by atoms with Crippen LogP contribution in [0.1, 0.15) is 15.9 Å². The molecule has 1 heterocycles. The summed E-state index contributed by atoms with van der Waals surface area (Å²) in [7, 11) is -3.47. The summed E-state index contributed by atoms with van der Waals surface area (Å²) in [6, 6.07) is 10.4. The second-order valence-electron chi connectivity index (χ2n) is 4.46. The van der Waals surface area contributed by atoms with E-state index < -0.39 is 10.0 Å². The number of amides is 1. The van der Waals surface area contributed by atoms with Gasteiger partial charge < -0.3 is 5.32 Å². The Morgan fingerprint density at radius 3 is 2.67 bits per heavy atom. The normalized spacial score (nSPS) is 11.3. The first-order valence-corrected chi connectivity index (χ1v) is 8.73. The molecule has 1 aromatic carbocycles. The van der Waals surface area contributed by atoms with Crippen LogP contribution in [0.2, 0.25) is 0 Å². The van der Waals surface area contributed by atoms with Gasteiger partial charge in [-0.1, -0.05) is 23.8 Å². The van der Waals surface area contributed by atoms with E-state index in [4.69, 9.17) is 0 Å². The van der Waals surface area contributed by atoms with Crippen molar-refractivity contribution in [3.05, 3.63) is 52.9 Å². The van der Waals surface area contributed by atoms with Gasteiger partial charge in [0, 0.05) is 18.7 Å². The largest absolute Gasteiger partial charge is 0.351 e. The maximum atomic E-state index is 11.9. The van der Waals surface area contributed by atoms with Crippen LogP contribution in [0, 0.1) is 6.92 Å². The van der Waals surface area contributed by atoms with Crippen LogP contribution in [-0.4, -0.2) is 27.4 Å². The second kappa shape index (κ2) is 6.84. The minimum Gasteiger partial charge on any atom is -0.351 e. The fraction of sp³-hybridized carbons (Fsp3) is 0.214. The Hall–Kier alpha value is -1.70. The topological polar surface area (TPSA) is 75.3 Å². The minimum absolute atomic E-state index is 0.151. The minimum atomic E-state index is -3.47. The number of hydrogen-bond donors (Lipinski definition) is 2. The number of aryl methyl sites for hydroxylation is 1. The lowest BCUT2D eigenvalue weighted by atomic mass is 10.1. The Kier molecular flexibility index (Phi) is 5.11. The maximum absolute atomic E-state index is 11.9. The highest BCUT2D eigenvalue weighted by molar-refractivity contribution is 7.91. The zero-order valence-corrected chi connectivity index (χ0v) is 13.1. The van der Waals surface area contributed by atoms with Crippen molar-refractivity contribution >= 4 is 27.3 Å². The van der Waals surface area contributed by atoms with Crippen molar-refractivity contribution in [3.8, 4) is 0 Å². The second-order valence-corrected chi connectivity index (χ2v) is 7.40. The van der Waals surface area contributed by atoms with Crippen molar-refractivity contribution in [1.82, 2.24) is 10.0 Å². The molecule has 0 aliphatic carbocycles. The Labute approximate surface area is 128 Å². The van der Waals surface area contributed by atoms with E-state index in [9.17, 15) is 13.2 Å². The van der Waals surface area contributed by atoms with Crippen molar-refractivity contribution in [3.63, 3.8) is 0 Å². The van der Waals surface area contributed by atoms with Gasteiger partial charge in [-0.05, 0) is 30.5 Å². The maximum Gasteiger partial charge on any atom is 0.251 e. The molecule has 0 atom stereocenters. The van der Waals surface area contributed by atoms with Crippen molar-refractivity contribution in [2.75, 3.05) is 13.1 Å². The predicted molar refractivity (Wildman–Crippen MR) is 83.0 cm³/mol. The van der Waals surface area contributed by atoms with Gasteiger partial charge in [0.25, 0.3) is 5.91 Å². The summed E-state index contributed by atoms with van der Waals surface area (Å²) in [6.07, 6.45) is 0. The van der Waals surface area contributed by atoms with Gasteiger partial charge >= 0.3 is 0 Å². The summed E-state index contributed by atoms with van der Waals surface area (Å²) < 4.78 is 26.4. The molecule has 1 aromatic heterocycles. The molecule has 2 N–H and O–H groups in total. The lowest BCUT2D eigenvalue weighted by Gasteiger charge is -2.07. The van der Waals surface area contributed by atoms with Gasteiger partial charge in [0.2, 0.25) is 10.0 Å². The fourth-order valence-electron chi connectivity index (χ4n) is 1.74. The van der Waals surface area contributed by atoms with E-state index in [1.165, 1.54) is 0 Å². The molecular weight excluding hydrogens is 308 g/mol. The zero-order valence-electron chi connectivity index (χ0n) is 11.5. The Balaban J connectivity index is 1.81. The first-order valence-electron chi connectivity index (χ1n) is 6.37. The van der Waals surface area contributed by atoms with E-state index in [1.807, 2.05) is 19.1 Å². The molecule has 0 spiro atoms. The van der Waals surface area contributed by atoms with Gasteiger partial charge in [0.15, 0.2) is 0 Å². The molecule has 2 rings (SSSR count). The van der Waals surface area contributed by atoms with Crippen LogP contribution in [0.15, 0.2) is 46.0 Å². The molecule has 0 saturated heterocycles. The highest BCUT2D eigenvalue weighted by atomic mass is 32.2. The molecule has 5 nitrogen and oxygen atoms in total. The molecule has 0 bridgehead atoms. The number of carbonyl (C=O) groups is 1. The van der Waals surface area contributed by atoms with E-state index in [2.05, 4.69) is 10.0 Å². The SMILES string of the molecule is Cc1cccc(C(=O)NCCNS(=O)(=O)c2cccs2)c1. The van der Waals surface area contributed by atoms with E-state index in [0.717, 1.165) is 16.9 Å². The van der Waals surface area contributed by atoms with Crippen LogP contribution < -0.4 is 10.0 Å². The quantitative estimate of drug-likeness (QED) is 0.795. The van der Waals surface area contributed by atoms with Crippen LogP contribution in [0.5, 0.6) is 0 Å². The third-order valence-corrected chi connectivity index (χ3v) is 5.60. The number of carbonyl (C=O) groups excluding carboxylic acids is 1. The highest BCUT2D eigenvalue weighted by Gasteiger charge is 2.14. The number of sulfonamides is 1. The molecule has 7 heteroatoms. The highest BCUT2D eigenvalue weighted by Crippen LogP contribution is 2.14. The van der Waals surface area contributed by atoms with Crippen LogP contribution >= 0.6 is 11.3 Å². The summed E-state index contributed by atoms with van der Waals surface area (Å²) in [5.74, 6) is -0.214. The smallest absolute Gasteiger partial charge is 0.251 e. The summed E-state index contributed by atoms with van der Waals surface area (Å²) in [5.41, 5.74) is 1.57. The average Bonchev–Trinajstić information content (AvgIpc) is 2.98.